The minimum atomic E-state index is -0.136. The Morgan fingerprint density at radius 3 is 2.83 bits per heavy atom. The fourth-order valence-corrected chi connectivity index (χ4v) is 2.40. The first kappa shape index (κ1) is 15.5. The number of likely N-dealkylation sites (N-methyl/N-ethyl adjacent to an activating group) is 1. The van der Waals surface area contributed by atoms with E-state index in [1.54, 1.807) is 24.1 Å². The molecule has 0 aliphatic carbocycles. The number of carbonyl (C=O) groups excluding carboxylic acids is 1. The number of benzene rings is 2. The monoisotopic (exact) mass is 333 g/mol. The number of hydrogen-bond acceptors (Lipinski definition) is 4. The van der Waals surface area contributed by atoms with Crippen molar-refractivity contribution >= 4 is 17.5 Å². The molecule has 1 amide bonds. The van der Waals surface area contributed by atoms with Crippen molar-refractivity contribution in [3.63, 3.8) is 0 Å². The molecule has 2 aromatic rings. The molecule has 6 heteroatoms. The third-order valence-corrected chi connectivity index (χ3v) is 3.78. The molecule has 23 heavy (non-hydrogen) atoms. The number of nitrogens with zero attached hydrogens (tertiary/aromatic N) is 1. The van der Waals surface area contributed by atoms with Gasteiger partial charge in [0.05, 0.1) is 5.02 Å². The highest BCUT2D eigenvalue weighted by molar-refractivity contribution is 6.32. The summed E-state index contributed by atoms with van der Waals surface area (Å²) in [6.07, 6.45) is 0. The number of fused-ring (bicyclic) bond motifs is 1. The van der Waals surface area contributed by atoms with Crippen LogP contribution in [0.2, 0.25) is 5.02 Å². The molecule has 0 unspecified atom stereocenters. The van der Waals surface area contributed by atoms with Crippen LogP contribution < -0.4 is 14.2 Å². The van der Waals surface area contributed by atoms with Gasteiger partial charge in [-0.3, -0.25) is 4.79 Å². The van der Waals surface area contributed by atoms with Gasteiger partial charge >= 0.3 is 0 Å². The van der Waals surface area contributed by atoms with E-state index < -0.39 is 0 Å². The Kier molecular flexibility index (Phi) is 4.57. The lowest BCUT2D eigenvalue weighted by Crippen LogP contribution is -2.30. The predicted octanol–water partition coefficient (Wildman–Crippen LogP) is 3.11. The van der Waals surface area contributed by atoms with E-state index in [4.69, 9.17) is 25.8 Å². The third kappa shape index (κ3) is 3.68. The average Bonchev–Trinajstić information content (AvgIpc) is 3.01. The first-order chi connectivity index (χ1) is 11.1. The SMILES string of the molecule is CN(Cc1ccc2c(c1)OCO2)C(=O)COc1ccccc1Cl. The molecule has 0 N–H and O–H groups in total. The Bertz CT molecular complexity index is 719. The zero-order valence-corrected chi connectivity index (χ0v) is 13.4. The zero-order valence-electron chi connectivity index (χ0n) is 12.6. The summed E-state index contributed by atoms with van der Waals surface area (Å²) in [5.41, 5.74) is 0.961. The molecule has 1 aliphatic heterocycles. The van der Waals surface area contributed by atoms with E-state index in [1.807, 2.05) is 30.3 Å². The highest BCUT2D eigenvalue weighted by Crippen LogP contribution is 2.32. The summed E-state index contributed by atoms with van der Waals surface area (Å²) in [6, 6.07) is 12.7. The molecule has 0 atom stereocenters. The zero-order chi connectivity index (χ0) is 16.2. The van der Waals surface area contributed by atoms with Crippen molar-refractivity contribution in [1.82, 2.24) is 4.90 Å². The third-order valence-electron chi connectivity index (χ3n) is 3.47. The molecule has 1 heterocycles. The molecule has 5 nitrogen and oxygen atoms in total. The minimum absolute atomic E-state index is 0.0647. The van der Waals surface area contributed by atoms with E-state index in [-0.39, 0.29) is 19.3 Å². The van der Waals surface area contributed by atoms with E-state index in [9.17, 15) is 4.79 Å². The molecule has 1 aliphatic rings. The van der Waals surface area contributed by atoms with Crippen molar-refractivity contribution in [2.24, 2.45) is 0 Å². The van der Waals surface area contributed by atoms with Gasteiger partial charge < -0.3 is 19.1 Å². The van der Waals surface area contributed by atoms with Gasteiger partial charge in [0.2, 0.25) is 6.79 Å². The smallest absolute Gasteiger partial charge is 0.260 e. The van der Waals surface area contributed by atoms with E-state index in [0.717, 1.165) is 11.3 Å². The summed E-state index contributed by atoms with van der Waals surface area (Å²) >= 11 is 6.00. The van der Waals surface area contributed by atoms with Crippen LogP contribution in [0.15, 0.2) is 42.5 Å². The number of hydrogen-bond donors (Lipinski definition) is 0. The van der Waals surface area contributed by atoms with Gasteiger partial charge in [0.25, 0.3) is 5.91 Å². The second-order valence-electron chi connectivity index (χ2n) is 5.16. The fraction of sp³-hybridized carbons (Fsp3) is 0.235. The van der Waals surface area contributed by atoms with Crippen molar-refractivity contribution in [2.75, 3.05) is 20.4 Å². The first-order valence-electron chi connectivity index (χ1n) is 7.13. The molecule has 0 saturated carbocycles. The van der Waals surface area contributed by atoms with Crippen molar-refractivity contribution in [3.05, 3.63) is 53.1 Å². The van der Waals surface area contributed by atoms with Gasteiger partial charge in [-0.1, -0.05) is 29.8 Å². The Hall–Kier alpha value is -2.40. The lowest BCUT2D eigenvalue weighted by atomic mass is 10.2. The average molecular weight is 334 g/mol. The van der Waals surface area contributed by atoms with Crippen LogP contribution in [0.4, 0.5) is 0 Å². The van der Waals surface area contributed by atoms with Crippen LogP contribution >= 0.6 is 11.6 Å². The lowest BCUT2D eigenvalue weighted by Gasteiger charge is -2.18. The molecule has 120 valence electrons. The molecule has 0 radical (unpaired) electrons. The van der Waals surface area contributed by atoms with Crippen LogP contribution in [-0.2, 0) is 11.3 Å². The molecular weight excluding hydrogens is 318 g/mol. The molecular formula is C17H16ClNO4. The van der Waals surface area contributed by atoms with E-state index in [0.29, 0.717) is 23.1 Å². The maximum absolute atomic E-state index is 12.2. The summed E-state index contributed by atoms with van der Waals surface area (Å²) in [5, 5.41) is 0.485. The first-order valence-corrected chi connectivity index (χ1v) is 7.51. The van der Waals surface area contributed by atoms with Gasteiger partial charge in [-0.05, 0) is 29.8 Å². The summed E-state index contributed by atoms with van der Waals surface area (Å²) in [4.78, 5) is 13.8. The minimum Gasteiger partial charge on any atom is -0.482 e. The van der Waals surface area contributed by atoms with Gasteiger partial charge in [-0.2, -0.15) is 0 Å². The number of para-hydroxylation sites is 1. The van der Waals surface area contributed by atoms with Crippen LogP contribution in [-0.4, -0.2) is 31.3 Å². The summed E-state index contributed by atoms with van der Waals surface area (Å²) in [6.45, 7) is 0.630. The van der Waals surface area contributed by atoms with Crippen molar-refractivity contribution in [1.29, 1.82) is 0 Å². The van der Waals surface area contributed by atoms with Gasteiger partial charge in [0.1, 0.15) is 5.75 Å². The van der Waals surface area contributed by atoms with Crippen molar-refractivity contribution < 1.29 is 19.0 Å². The second kappa shape index (κ2) is 6.79. The largest absolute Gasteiger partial charge is 0.482 e. The molecule has 0 fully saturated rings. The summed E-state index contributed by atoms with van der Waals surface area (Å²) < 4.78 is 16.1. The van der Waals surface area contributed by atoms with E-state index >= 15 is 0 Å². The standard InChI is InChI=1S/C17H16ClNO4/c1-19(9-12-6-7-15-16(8-12)23-11-22-15)17(20)10-21-14-5-3-2-4-13(14)18/h2-8H,9-11H2,1H3. The Morgan fingerprint density at radius 1 is 1.22 bits per heavy atom. The van der Waals surface area contributed by atoms with Crippen molar-refractivity contribution in [3.8, 4) is 17.2 Å². The molecule has 0 bridgehead atoms. The molecule has 0 spiro atoms. The number of amides is 1. The number of rotatable bonds is 5. The van der Waals surface area contributed by atoms with Gasteiger partial charge in [-0.25, -0.2) is 0 Å². The van der Waals surface area contributed by atoms with Crippen LogP contribution in [0.25, 0.3) is 0 Å². The fourth-order valence-electron chi connectivity index (χ4n) is 2.21. The Morgan fingerprint density at radius 2 is 2.00 bits per heavy atom. The van der Waals surface area contributed by atoms with Gasteiger partial charge in [0, 0.05) is 13.6 Å². The predicted molar refractivity (Wildman–Crippen MR) is 86.0 cm³/mol. The van der Waals surface area contributed by atoms with Crippen molar-refractivity contribution in [2.45, 2.75) is 6.54 Å². The summed E-state index contributed by atoms with van der Waals surface area (Å²) in [5.74, 6) is 1.79. The van der Waals surface area contributed by atoms with Crippen LogP contribution in [0.5, 0.6) is 17.2 Å². The highest BCUT2D eigenvalue weighted by Gasteiger charge is 2.16. The maximum atomic E-state index is 12.2. The molecule has 0 aromatic heterocycles. The van der Waals surface area contributed by atoms with E-state index in [2.05, 4.69) is 0 Å². The molecule has 0 saturated heterocycles. The van der Waals surface area contributed by atoms with Crippen LogP contribution in [0, 0.1) is 0 Å². The maximum Gasteiger partial charge on any atom is 0.260 e. The number of ether oxygens (including phenoxy) is 3. The van der Waals surface area contributed by atoms with Gasteiger partial charge in [0.15, 0.2) is 18.1 Å². The molecule has 2 aromatic carbocycles. The topological polar surface area (TPSA) is 48.0 Å². The number of carbonyl (C=O) groups is 1. The van der Waals surface area contributed by atoms with Crippen LogP contribution in [0.1, 0.15) is 5.56 Å². The Labute approximate surface area is 139 Å². The van der Waals surface area contributed by atoms with E-state index in [1.165, 1.54) is 0 Å². The highest BCUT2D eigenvalue weighted by atomic mass is 35.5. The lowest BCUT2D eigenvalue weighted by molar-refractivity contribution is -0.132. The van der Waals surface area contributed by atoms with Crippen LogP contribution in [0.3, 0.4) is 0 Å². The number of halogens is 1. The quantitative estimate of drug-likeness (QED) is 0.843. The summed E-state index contributed by atoms with van der Waals surface area (Å²) in [7, 11) is 1.73. The normalized spacial score (nSPS) is 12.1. The Balaban J connectivity index is 1.56. The molecule has 3 rings (SSSR count). The second-order valence-corrected chi connectivity index (χ2v) is 5.56. The van der Waals surface area contributed by atoms with Gasteiger partial charge in [-0.15, -0.1) is 0 Å².